The molecule has 94 valence electrons. The second kappa shape index (κ2) is 6.03. The fourth-order valence-corrected chi connectivity index (χ4v) is 1.37. The first-order valence-corrected chi connectivity index (χ1v) is 5.47. The van der Waals surface area contributed by atoms with Gasteiger partial charge in [-0.15, -0.1) is 0 Å². The summed E-state index contributed by atoms with van der Waals surface area (Å²) in [4.78, 5) is 23.7. The molecule has 1 N–H and O–H groups in total. The molecular formula is C11H17N3O3. The molecule has 1 heterocycles. The van der Waals surface area contributed by atoms with E-state index in [9.17, 15) is 9.59 Å². The zero-order valence-corrected chi connectivity index (χ0v) is 10.1. The first kappa shape index (κ1) is 13.2. The Morgan fingerprint density at radius 1 is 1.47 bits per heavy atom. The molecule has 1 aromatic heterocycles. The lowest BCUT2D eigenvalue weighted by atomic mass is 10.2. The summed E-state index contributed by atoms with van der Waals surface area (Å²) < 4.78 is 1.36. The highest BCUT2D eigenvalue weighted by molar-refractivity contribution is 5.66. The van der Waals surface area contributed by atoms with Crippen LogP contribution in [-0.4, -0.2) is 35.0 Å². The van der Waals surface area contributed by atoms with Gasteiger partial charge >= 0.3 is 5.97 Å². The molecule has 0 saturated heterocycles. The van der Waals surface area contributed by atoms with Gasteiger partial charge in [0.25, 0.3) is 5.56 Å². The van der Waals surface area contributed by atoms with Crippen LogP contribution in [0.25, 0.3) is 0 Å². The Labute approximate surface area is 99.5 Å². The molecule has 0 radical (unpaired) electrons. The maximum atomic E-state index is 11.6. The van der Waals surface area contributed by atoms with Crippen LogP contribution in [0.2, 0.25) is 0 Å². The smallest absolute Gasteiger partial charge is 0.303 e. The monoisotopic (exact) mass is 239 g/mol. The van der Waals surface area contributed by atoms with Crippen molar-refractivity contribution in [3.8, 4) is 0 Å². The maximum absolute atomic E-state index is 11.6. The van der Waals surface area contributed by atoms with Crippen molar-refractivity contribution < 1.29 is 9.90 Å². The topological polar surface area (TPSA) is 75.4 Å². The molecule has 17 heavy (non-hydrogen) atoms. The minimum atomic E-state index is -0.812. The van der Waals surface area contributed by atoms with Crippen molar-refractivity contribution in [1.82, 2.24) is 9.78 Å². The highest BCUT2D eigenvalue weighted by atomic mass is 16.4. The Balaban J connectivity index is 2.55. The number of aryl methyl sites for hydroxylation is 1. The number of anilines is 1. The van der Waals surface area contributed by atoms with Crippen molar-refractivity contribution in [3.63, 3.8) is 0 Å². The number of carboxylic acids is 1. The van der Waals surface area contributed by atoms with Crippen LogP contribution in [0.4, 0.5) is 5.69 Å². The van der Waals surface area contributed by atoms with Gasteiger partial charge in [0.05, 0.1) is 11.9 Å². The van der Waals surface area contributed by atoms with Gasteiger partial charge in [-0.25, -0.2) is 4.68 Å². The second-order valence-corrected chi connectivity index (χ2v) is 4.02. The van der Waals surface area contributed by atoms with E-state index >= 15 is 0 Å². The third kappa shape index (κ3) is 4.26. The number of aliphatic carboxylic acids is 1. The summed E-state index contributed by atoms with van der Waals surface area (Å²) in [5.41, 5.74) is 0.600. The van der Waals surface area contributed by atoms with Gasteiger partial charge in [0.15, 0.2) is 0 Å². The molecule has 0 amide bonds. The molecule has 0 aliphatic heterocycles. The lowest BCUT2D eigenvalue weighted by Crippen LogP contribution is -2.24. The van der Waals surface area contributed by atoms with E-state index in [1.54, 1.807) is 6.20 Å². The summed E-state index contributed by atoms with van der Waals surface area (Å²) in [5, 5.41) is 12.5. The second-order valence-electron chi connectivity index (χ2n) is 4.02. The van der Waals surface area contributed by atoms with Crippen molar-refractivity contribution in [2.45, 2.75) is 25.8 Å². The van der Waals surface area contributed by atoms with Crippen molar-refractivity contribution in [2.24, 2.45) is 0 Å². The number of carboxylic acid groups (broad SMARTS) is 1. The first-order valence-electron chi connectivity index (χ1n) is 5.47. The lowest BCUT2D eigenvalue weighted by Gasteiger charge is -2.12. The van der Waals surface area contributed by atoms with Crippen LogP contribution >= 0.6 is 0 Å². The van der Waals surface area contributed by atoms with Crippen molar-refractivity contribution in [2.75, 3.05) is 19.0 Å². The van der Waals surface area contributed by atoms with Crippen LogP contribution in [0, 0.1) is 0 Å². The normalized spacial score (nSPS) is 10.2. The number of rotatable bonds is 6. The van der Waals surface area contributed by atoms with E-state index in [4.69, 9.17) is 5.11 Å². The van der Waals surface area contributed by atoms with Crippen LogP contribution in [0.15, 0.2) is 17.1 Å². The summed E-state index contributed by atoms with van der Waals surface area (Å²) in [6, 6.07) is 1.52. The fraction of sp³-hybridized carbons (Fsp3) is 0.545. The number of unbranched alkanes of at least 4 members (excludes halogenated alkanes) is 1. The van der Waals surface area contributed by atoms with E-state index in [1.165, 1.54) is 10.7 Å². The van der Waals surface area contributed by atoms with E-state index < -0.39 is 5.97 Å². The number of nitrogens with zero attached hydrogens (tertiary/aromatic N) is 3. The Kier molecular flexibility index (Phi) is 4.68. The average Bonchev–Trinajstić information content (AvgIpc) is 2.25. The molecule has 0 aliphatic carbocycles. The minimum absolute atomic E-state index is 0.129. The van der Waals surface area contributed by atoms with Crippen molar-refractivity contribution >= 4 is 11.7 Å². The first-order chi connectivity index (χ1) is 8.00. The Morgan fingerprint density at radius 3 is 2.71 bits per heavy atom. The van der Waals surface area contributed by atoms with E-state index in [-0.39, 0.29) is 12.0 Å². The maximum Gasteiger partial charge on any atom is 0.303 e. The predicted octanol–water partition coefficient (Wildman–Crippen LogP) is 0.564. The summed E-state index contributed by atoms with van der Waals surface area (Å²) in [7, 11) is 3.68. The summed E-state index contributed by atoms with van der Waals surface area (Å²) in [6.07, 6.45) is 2.95. The van der Waals surface area contributed by atoms with Gasteiger partial charge in [0.2, 0.25) is 0 Å². The predicted molar refractivity (Wildman–Crippen MR) is 64.3 cm³/mol. The zero-order valence-electron chi connectivity index (χ0n) is 10.1. The molecule has 0 atom stereocenters. The quantitative estimate of drug-likeness (QED) is 0.734. The third-order valence-electron chi connectivity index (χ3n) is 2.38. The largest absolute Gasteiger partial charge is 0.481 e. The molecule has 0 bridgehead atoms. The zero-order chi connectivity index (χ0) is 12.8. The average molecular weight is 239 g/mol. The van der Waals surface area contributed by atoms with Crippen LogP contribution < -0.4 is 10.5 Å². The third-order valence-corrected chi connectivity index (χ3v) is 2.38. The summed E-state index contributed by atoms with van der Waals surface area (Å²) in [5.74, 6) is -0.812. The molecule has 0 unspecified atom stereocenters. The number of aromatic nitrogens is 2. The number of hydrogen-bond donors (Lipinski definition) is 1. The minimum Gasteiger partial charge on any atom is -0.481 e. The van der Waals surface area contributed by atoms with Gasteiger partial charge in [-0.3, -0.25) is 9.59 Å². The van der Waals surface area contributed by atoms with Gasteiger partial charge in [-0.2, -0.15) is 5.10 Å². The highest BCUT2D eigenvalue weighted by Crippen LogP contribution is 2.04. The van der Waals surface area contributed by atoms with Gasteiger partial charge in [0.1, 0.15) is 0 Å². The van der Waals surface area contributed by atoms with Gasteiger partial charge in [-0.05, 0) is 12.8 Å². The molecule has 0 aromatic carbocycles. The molecular weight excluding hydrogens is 222 g/mol. The van der Waals surface area contributed by atoms with E-state index in [2.05, 4.69) is 5.10 Å². The Morgan fingerprint density at radius 2 is 2.18 bits per heavy atom. The Bertz CT molecular complexity index is 440. The lowest BCUT2D eigenvalue weighted by molar-refractivity contribution is -0.137. The van der Waals surface area contributed by atoms with Crippen LogP contribution in [-0.2, 0) is 11.3 Å². The fourth-order valence-electron chi connectivity index (χ4n) is 1.37. The molecule has 0 fully saturated rings. The van der Waals surface area contributed by atoms with Crippen molar-refractivity contribution in [3.05, 3.63) is 22.6 Å². The van der Waals surface area contributed by atoms with Gasteiger partial charge in [0, 0.05) is 33.1 Å². The standard InChI is InChI=1S/C11H17N3O3/c1-13(2)9-7-10(15)14(12-8-9)6-4-3-5-11(16)17/h7-8H,3-6H2,1-2H3,(H,16,17). The number of hydrogen-bond acceptors (Lipinski definition) is 4. The van der Waals surface area contributed by atoms with E-state index in [0.29, 0.717) is 19.4 Å². The van der Waals surface area contributed by atoms with Crippen LogP contribution in [0.5, 0.6) is 0 Å². The highest BCUT2D eigenvalue weighted by Gasteiger charge is 2.02. The van der Waals surface area contributed by atoms with Gasteiger partial charge < -0.3 is 10.0 Å². The SMILES string of the molecule is CN(C)c1cnn(CCCCC(=O)O)c(=O)c1. The summed E-state index contributed by atoms with van der Waals surface area (Å²) >= 11 is 0. The van der Waals surface area contributed by atoms with Gasteiger partial charge in [-0.1, -0.05) is 0 Å². The molecule has 0 saturated carbocycles. The van der Waals surface area contributed by atoms with Crippen LogP contribution in [0.3, 0.4) is 0 Å². The Hall–Kier alpha value is -1.85. The molecule has 0 aliphatic rings. The molecule has 6 nitrogen and oxygen atoms in total. The van der Waals surface area contributed by atoms with Crippen molar-refractivity contribution in [1.29, 1.82) is 0 Å². The van der Waals surface area contributed by atoms with E-state index in [1.807, 2.05) is 19.0 Å². The molecule has 1 rings (SSSR count). The van der Waals surface area contributed by atoms with Crippen LogP contribution in [0.1, 0.15) is 19.3 Å². The van der Waals surface area contributed by atoms with E-state index in [0.717, 1.165) is 5.69 Å². The number of carbonyl (C=O) groups is 1. The summed E-state index contributed by atoms with van der Waals surface area (Å²) in [6.45, 7) is 0.458. The molecule has 6 heteroatoms. The molecule has 1 aromatic rings. The molecule has 0 spiro atoms.